The number of aromatic nitrogens is 1. The molecule has 1 aromatic rings. The monoisotopic (exact) mass is 284 g/mol. The summed E-state index contributed by atoms with van der Waals surface area (Å²) in [6.07, 6.45) is 5.98. The third kappa shape index (κ3) is 2.25. The van der Waals surface area contributed by atoms with Crippen LogP contribution in [0.5, 0.6) is 0 Å². The molecule has 1 spiro atoms. The summed E-state index contributed by atoms with van der Waals surface area (Å²) in [7, 11) is 0. The van der Waals surface area contributed by atoms with E-state index in [4.69, 9.17) is 5.26 Å². The standard InChI is InChI=1S/C15H16N4O2/c16-9-12-8-11(4-7-17-12)10-19-14(21)18-13(20)15(19)5-2-1-3-6-15/h4,7-8H,1-3,5-6,10H2,(H,18,20,21). The van der Waals surface area contributed by atoms with Crippen molar-refractivity contribution in [1.29, 1.82) is 5.26 Å². The molecule has 1 aliphatic carbocycles. The number of hydrogen-bond acceptors (Lipinski definition) is 4. The second-order valence-electron chi connectivity index (χ2n) is 5.60. The quantitative estimate of drug-likeness (QED) is 0.838. The van der Waals surface area contributed by atoms with Gasteiger partial charge in [-0.2, -0.15) is 5.26 Å². The van der Waals surface area contributed by atoms with E-state index in [2.05, 4.69) is 10.3 Å². The lowest BCUT2D eigenvalue weighted by molar-refractivity contribution is -0.128. The van der Waals surface area contributed by atoms with E-state index >= 15 is 0 Å². The van der Waals surface area contributed by atoms with Gasteiger partial charge in [0, 0.05) is 12.7 Å². The first-order chi connectivity index (χ1) is 10.2. The second-order valence-corrected chi connectivity index (χ2v) is 5.60. The first-order valence-electron chi connectivity index (χ1n) is 7.14. The number of amides is 3. The number of imide groups is 1. The maximum Gasteiger partial charge on any atom is 0.325 e. The Morgan fingerprint density at radius 1 is 1.33 bits per heavy atom. The highest BCUT2D eigenvalue weighted by Gasteiger charge is 2.52. The van der Waals surface area contributed by atoms with E-state index in [-0.39, 0.29) is 11.9 Å². The molecule has 0 radical (unpaired) electrons. The molecule has 1 aromatic heterocycles. The van der Waals surface area contributed by atoms with Crippen molar-refractivity contribution in [3.05, 3.63) is 29.6 Å². The van der Waals surface area contributed by atoms with Crippen LogP contribution in [0.15, 0.2) is 18.3 Å². The van der Waals surface area contributed by atoms with Crippen molar-refractivity contribution >= 4 is 11.9 Å². The first kappa shape index (κ1) is 13.6. The van der Waals surface area contributed by atoms with Crippen molar-refractivity contribution < 1.29 is 9.59 Å². The number of pyridine rings is 1. The van der Waals surface area contributed by atoms with Crippen LogP contribution in [0.3, 0.4) is 0 Å². The maximum atomic E-state index is 12.2. The van der Waals surface area contributed by atoms with Crippen molar-refractivity contribution in [3.63, 3.8) is 0 Å². The van der Waals surface area contributed by atoms with Gasteiger partial charge in [-0.15, -0.1) is 0 Å². The number of nitrogens with zero attached hydrogens (tertiary/aromatic N) is 3. The molecular formula is C15H16N4O2. The smallest absolute Gasteiger partial charge is 0.305 e. The van der Waals surface area contributed by atoms with E-state index in [1.165, 1.54) is 0 Å². The first-order valence-corrected chi connectivity index (χ1v) is 7.14. The van der Waals surface area contributed by atoms with Gasteiger partial charge in [0.15, 0.2) is 0 Å². The summed E-state index contributed by atoms with van der Waals surface area (Å²) in [5.41, 5.74) is 0.429. The molecule has 6 heteroatoms. The van der Waals surface area contributed by atoms with Crippen LogP contribution in [0.1, 0.15) is 43.4 Å². The summed E-state index contributed by atoms with van der Waals surface area (Å²) in [4.78, 5) is 29.9. The molecule has 3 amide bonds. The zero-order valence-electron chi connectivity index (χ0n) is 11.6. The Hall–Kier alpha value is -2.42. The fraction of sp³-hybridized carbons (Fsp3) is 0.467. The predicted molar refractivity (Wildman–Crippen MR) is 73.8 cm³/mol. The molecule has 1 saturated carbocycles. The van der Waals surface area contributed by atoms with Gasteiger partial charge in [-0.3, -0.25) is 10.1 Å². The van der Waals surface area contributed by atoms with Crippen molar-refractivity contribution in [2.45, 2.75) is 44.2 Å². The minimum absolute atomic E-state index is 0.179. The number of carbonyl (C=O) groups is 2. The van der Waals surface area contributed by atoms with Gasteiger partial charge in [0.25, 0.3) is 5.91 Å². The normalized spacial score (nSPS) is 20.4. The van der Waals surface area contributed by atoms with Crippen LogP contribution < -0.4 is 5.32 Å². The van der Waals surface area contributed by atoms with Crippen LogP contribution in [-0.2, 0) is 11.3 Å². The van der Waals surface area contributed by atoms with E-state index in [0.29, 0.717) is 25.1 Å². The van der Waals surface area contributed by atoms with Crippen LogP contribution in [0.2, 0.25) is 0 Å². The van der Waals surface area contributed by atoms with E-state index in [1.54, 1.807) is 23.2 Å². The molecule has 2 fully saturated rings. The minimum Gasteiger partial charge on any atom is -0.305 e. The van der Waals surface area contributed by atoms with Crippen molar-refractivity contribution in [3.8, 4) is 6.07 Å². The number of nitrogens with one attached hydrogen (secondary N) is 1. The molecule has 0 unspecified atom stereocenters. The van der Waals surface area contributed by atoms with Crippen LogP contribution >= 0.6 is 0 Å². The Bertz CT molecular complexity index is 629. The van der Waals surface area contributed by atoms with Gasteiger partial charge in [-0.1, -0.05) is 19.3 Å². The fourth-order valence-corrected chi connectivity index (χ4v) is 3.27. The van der Waals surface area contributed by atoms with E-state index in [1.807, 2.05) is 6.07 Å². The molecule has 3 rings (SSSR count). The van der Waals surface area contributed by atoms with Gasteiger partial charge in [0.1, 0.15) is 17.3 Å². The minimum atomic E-state index is -0.703. The molecule has 2 heterocycles. The van der Waals surface area contributed by atoms with Gasteiger partial charge >= 0.3 is 6.03 Å². The molecule has 1 N–H and O–H groups in total. The molecule has 0 atom stereocenters. The zero-order valence-corrected chi connectivity index (χ0v) is 11.6. The SMILES string of the molecule is N#Cc1cc(CN2C(=O)NC(=O)C23CCCCC3)ccn1. The van der Waals surface area contributed by atoms with Crippen LogP contribution in [0, 0.1) is 11.3 Å². The average Bonchev–Trinajstić information content (AvgIpc) is 2.73. The highest BCUT2D eigenvalue weighted by atomic mass is 16.2. The Labute approximate surface area is 122 Å². The summed E-state index contributed by atoms with van der Waals surface area (Å²) < 4.78 is 0. The van der Waals surface area contributed by atoms with Crippen LogP contribution in [0.25, 0.3) is 0 Å². The topological polar surface area (TPSA) is 86.1 Å². The van der Waals surface area contributed by atoms with Gasteiger partial charge in [0.05, 0.1) is 0 Å². The fourth-order valence-electron chi connectivity index (χ4n) is 3.27. The lowest BCUT2D eigenvalue weighted by atomic mass is 9.80. The number of nitriles is 1. The lowest BCUT2D eigenvalue weighted by Gasteiger charge is -2.38. The number of urea groups is 1. The van der Waals surface area contributed by atoms with Gasteiger partial charge in [-0.25, -0.2) is 9.78 Å². The summed E-state index contributed by atoms with van der Waals surface area (Å²) in [5.74, 6) is -0.179. The predicted octanol–water partition coefficient (Wildman–Crippen LogP) is 1.71. The summed E-state index contributed by atoms with van der Waals surface area (Å²) >= 11 is 0. The Morgan fingerprint density at radius 3 is 2.81 bits per heavy atom. The summed E-state index contributed by atoms with van der Waals surface area (Å²) in [5, 5.41) is 11.3. The molecule has 0 aromatic carbocycles. The van der Waals surface area contributed by atoms with Crippen LogP contribution in [-0.4, -0.2) is 27.4 Å². The van der Waals surface area contributed by atoms with E-state index in [0.717, 1.165) is 24.8 Å². The van der Waals surface area contributed by atoms with E-state index in [9.17, 15) is 9.59 Å². The Balaban J connectivity index is 1.89. The maximum absolute atomic E-state index is 12.2. The summed E-state index contributed by atoms with van der Waals surface area (Å²) in [6, 6.07) is 5.08. The van der Waals surface area contributed by atoms with Gasteiger partial charge in [-0.05, 0) is 30.5 Å². The van der Waals surface area contributed by atoms with Crippen LogP contribution in [0.4, 0.5) is 4.79 Å². The molecular weight excluding hydrogens is 268 g/mol. The third-order valence-electron chi connectivity index (χ3n) is 4.37. The van der Waals surface area contributed by atoms with Gasteiger partial charge in [0.2, 0.25) is 0 Å². The largest absolute Gasteiger partial charge is 0.325 e. The number of hydrogen-bond donors (Lipinski definition) is 1. The second kappa shape index (κ2) is 5.17. The van der Waals surface area contributed by atoms with Crippen molar-refractivity contribution in [1.82, 2.24) is 15.2 Å². The average molecular weight is 284 g/mol. The molecule has 0 bridgehead atoms. The molecule has 1 saturated heterocycles. The number of carbonyl (C=O) groups excluding carboxylic acids is 2. The Morgan fingerprint density at radius 2 is 2.10 bits per heavy atom. The molecule has 6 nitrogen and oxygen atoms in total. The lowest BCUT2D eigenvalue weighted by Crippen LogP contribution is -2.50. The third-order valence-corrected chi connectivity index (χ3v) is 4.37. The number of rotatable bonds is 2. The highest BCUT2D eigenvalue weighted by molar-refractivity contribution is 6.07. The Kier molecular flexibility index (Phi) is 3.34. The highest BCUT2D eigenvalue weighted by Crippen LogP contribution is 2.37. The van der Waals surface area contributed by atoms with Crippen molar-refractivity contribution in [2.75, 3.05) is 0 Å². The van der Waals surface area contributed by atoms with E-state index < -0.39 is 5.54 Å². The molecule has 21 heavy (non-hydrogen) atoms. The molecule has 108 valence electrons. The van der Waals surface area contributed by atoms with Gasteiger partial charge < -0.3 is 4.90 Å². The zero-order chi connectivity index (χ0) is 14.9. The molecule has 2 aliphatic rings. The summed E-state index contributed by atoms with van der Waals surface area (Å²) in [6.45, 7) is 0.328. The van der Waals surface area contributed by atoms with Crippen molar-refractivity contribution in [2.24, 2.45) is 0 Å². The molecule has 1 aliphatic heterocycles.